The summed E-state index contributed by atoms with van der Waals surface area (Å²) >= 11 is 0. The fourth-order valence-corrected chi connectivity index (χ4v) is 2.29. The highest BCUT2D eigenvalue weighted by molar-refractivity contribution is 14.0. The highest BCUT2D eigenvalue weighted by atomic mass is 127. The molecule has 1 aromatic heterocycles. The van der Waals surface area contributed by atoms with Crippen molar-refractivity contribution in [1.29, 1.82) is 0 Å². The summed E-state index contributed by atoms with van der Waals surface area (Å²) in [4.78, 5) is 8.81. The molecule has 0 saturated carbocycles. The number of hydrogen-bond donors (Lipinski definition) is 2. The largest absolute Gasteiger partial charge is 0.356 e. The first-order valence-corrected chi connectivity index (χ1v) is 7.48. The number of aromatic nitrogens is 2. The number of rotatable bonds is 5. The number of guanidine groups is 1. The molecule has 0 radical (unpaired) electrons. The Bertz CT molecular complexity index is 618. The van der Waals surface area contributed by atoms with Crippen LogP contribution in [0.25, 0.3) is 11.0 Å². The summed E-state index contributed by atoms with van der Waals surface area (Å²) in [6.07, 6.45) is 0. The Morgan fingerprint density at radius 3 is 2.68 bits per heavy atom. The molecule has 2 aromatic rings. The van der Waals surface area contributed by atoms with Crippen LogP contribution in [0.1, 0.15) is 19.7 Å². The van der Waals surface area contributed by atoms with Gasteiger partial charge in [0, 0.05) is 26.7 Å². The topological polar surface area (TPSA) is 54.2 Å². The van der Waals surface area contributed by atoms with E-state index in [1.54, 1.807) is 7.05 Å². The van der Waals surface area contributed by atoms with Crippen LogP contribution in [0, 0.1) is 12.8 Å². The molecule has 0 unspecified atom stereocenters. The van der Waals surface area contributed by atoms with E-state index in [4.69, 9.17) is 0 Å². The molecule has 0 bridgehead atoms. The summed E-state index contributed by atoms with van der Waals surface area (Å²) in [5.41, 5.74) is 2.24. The maximum Gasteiger partial charge on any atom is 0.191 e. The lowest BCUT2D eigenvalue weighted by atomic mass is 10.2. The van der Waals surface area contributed by atoms with Crippen LogP contribution in [0.3, 0.4) is 0 Å². The van der Waals surface area contributed by atoms with E-state index in [0.29, 0.717) is 5.92 Å². The van der Waals surface area contributed by atoms with Crippen LogP contribution in [-0.2, 0) is 6.54 Å². The maximum absolute atomic E-state index is 4.58. The van der Waals surface area contributed by atoms with Crippen molar-refractivity contribution in [2.24, 2.45) is 10.9 Å². The second-order valence-electron chi connectivity index (χ2n) is 5.57. The van der Waals surface area contributed by atoms with Crippen molar-refractivity contribution in [2.45, 2.75) is 27.3 Å². The zero-order chi connectivity index (χ0) is 15.2. The van der Waals surface area contributed by atoms with E-state index in [2.05, 4.69) is 57.2 Å². The SMILES string of the molecule is CN=C(NCCn1c(C)nc2ccccc21)NCC(C)C.I. The third kappa shape index (κ3) is 4.86. The van der Waals surface area contributed by atoms with Crippen molar-refractivity contribution in [2.75, 3.05) is 20.1 Å². The highest BCUT2D eigenvalue weighted by Gasteiger charge is 2.06. The van der Waals surface area contributed by atoms with Crippen LogP contribution < -0.4 is 10.6 Å². The first kappa shape index (κ1) is 18.7. The second kappa shape index (κ2) is 8.97. The highest BCUT2D eigenvalue weighted by Crippen LogP contribution is 2.14. The standard InChI is InChI=1S/C16H25N5.HI/c1-12(2)11-19-16(17-4)18-9-10-21-13(3)20-14-7-5-6-8-15(14)21;/h5-8,12H,9-11H2,1-4H3,(H2,17,18,19);1H. The number of halogens is 1. The predicted octanol–water partition coefficient (Wildman–Crippen LogP) is 2.78. The first-order chi connectivity index (χ1) is 10.1. The Morgan fingerprint density at radius 2 is 2.00 bits per heavy atom. The van der Waals surface area contributed by atoms with Gasteiger partial charge in [0.2, 0.25) is 0 Å². The lowest BCUT2D eigenvalue weighted by Gasteiger charge is -2.14. The molecule has 122 valence electrons. The van der Waals surface area contributed by atoms with Crippen LogP contribution in [-0.4, -0.2) is 35.6 Å². The predicted molar refractivity (Wildman–Crippen MR) is 104 cm³/mol. The molecule has 2 N–H and O–H groups in total. The summed E-state index contributed by atoms with van der Waals surface area (Å²) < 4.78 is 2.23. The first-order valence-electron chi connectivity index (χ1n) is 7.48. The van der Waals surface area contributed by atoms with Gasteiger partial charge >= 0.3 is 0 Å². The summed E-state index contributed by atoms with van der Waals surface area (Å²) in [5.74, 6) is 2.50. The van der Waals surface area contributed by atoms with Gasteiger partial charge in [0.1, 0.15) is 5.82 Å². The molecule has 6 heteroatoms. The van der Waals surface area contributed by atoms with Crippen LogP contribution in [0.2, 0.25) is 0 Å². The number of benzene rings is 1. The minimum Gasteiger partial charge on any atom is -0.356 e. The molecule has 0 aliphatic heterocycles. The lowest BCUT2D eigenvalue weighted by Crippen LogP contribution is -2.40. The minimum atomic E-state index is 0. The van der Waals surface area contributed by atoms with Crippen molar-refractivity contribution in [3.63, 3.8) is 0 Å². The van der Waals surface area contributed by atoms with Gasteiger partial charge in [0.15, 0.2) is 5.96 Å². The summed E-state index contributed by atoms with van der Waals surface area (Å²) in [5, 5.41) is 6.66. The van der Waals surface area contributed by atoms with E-state index >= 15 is 0 Å². The average molecular weight is 415 g/mol. The molecule has 0 aliphatic rings. The number of aliphatic imine (C=N–C) groups is 1. The fraction of sp³-hybridized carbons (Fsp3) is 0.500. The van der Waals surface area contributed by atoms with Gasteiger partial charge in [0.05, 0.1) is 11.0 Å². The Morgan fingerprint density at radius 1 is 1.27 bits per heavy atom. The number of nitrogens with one attached hydrogen (secondary N) is 2. The van der Waals surface area contributed by atoms with Gasteiger partial charge in [0.25, 0.3) is 0 Å². The Kier molecular flexibility index (Phi) is 7.64. The van der Waals surface area contributed by atoms with Gasteiger partial charge in [-0.1, -0.05) is 26.0 Å². The summed E-state index contributed by atoms with van der Waals surface area (Å²) in [6.45, 7) is 9.02. The number of imidazole rings is 1. The maximum atomic E-state index is 4.58. The zero-order valence-electron chi connectivity index (χ0n) is 13.8. The molecule has 2 rings (SSSR count). The number of hydrogen-bond acceptors (Lipinski definition) is 2. The smallest absolute Gasteiger partial charge is 0.191 e. The zero-order valence-corrected chi connectivity index (χ0v) is 16.1. The molecule has 0 fully saturated rings. The minimum absolute atomic E-state index is 0. The van der Waals surface area contributed by atoms with Crippen molar-refractivity contribution in [1.82, 2.24) is 20.2 Å². The van der Waals surface area contributed by atoms with E-state index in [0.717, 1.165) is 36.9 Å². The molecular formula is C16H26IN5. The molecule has 1 heterocycles. The number of fused-ring (bicyclic) bond motifs is 1. The monoisotopic (exact) mass is 415 g/mol. The van der Waals surface area contributed by atoms with Crippen molar-refractivity contribution in [3.8, 4) is 0 Å². The lowest BCUT2D eigenvalue weighted by molar-refractivity contribution is 0.606. The van der Waals surface area contributed by atoms with Gasteiger partial charge in [-0.05, 0) is 25.0 Å². The number of para-hydroxylation sites is 2. The molecule has 0 amide bonds. The van der Waals surface area contributed by atoms with E-state index in [1.807, 2.05) is 13.0 Å². The van der Waals surface area contributed by atoms with Gasteiger partial charge in [-0.25, -0.2) is 4.98 Å². The average Bonchev–Trinajstić information content (AvgIpc) is 2.78. The molecule has 22 heavy (non-hydrogen) atoms. The van der Waals surface area contributed by atoms with Gasteiger partial charge in [-0.2, -0.15) is 0 Å². The fourth-order valence-electron chi connectivity index (χ4n) is 2.29. The van der Waals surface area contributed by atoms with Crippen molar-refractivity contribution >= 4 is 41.0 Å². The molecule has 1 aromatic carbocycles. The number of aryl methyl sites for hydroxylation is 1. The third-order valence-electron chi connectivity index (χ3n) is 3.37. The van der Waals surface area contributed by atoms with Gasteiger partial charge in [-0.3, -0.25) is 4.99 Å². The third-order valence-corrected chi connectivity index (χ3v) is 3.37. The van der Waals surface area contributed by atoms with E-state index in [-0.39, 0.29) is 24.0 Å². The van der Waals surface area contributed by atoms with Crippen LogP contribution in [0.5, 0.6) is 0 Å². The number of nitrogens with zero attached hydrogens (tertiary/aromatic N) is 3. The second-order valence-corrected chi connectivity index (χ2v) is 5.57. The Balaban J connectivity index is 0.00000242. The van der Waals surface area contributed by atoms with Gasteiger partial charge < -0.3 is 15.2 Å². The Hall–Kier alpha value is -1.31. The molecule has 0 spiro atoms. The normalized spacial score (nSPS) is 11.6. The molecule has 0 atom stereocenters. The Labute approximate surface area is 149 Å². The summed E-state index contributed by atoms with van der Waals surface area (Å²) in [6, 6.07) is 8.24. The quantitative estimate of drug-likeness (QED) is 0.449. The van der Waals surface area contributed by atoms with Crippen molar-refractivity contribution < 1.29 is 0 Å². The molecule has 5 nitrogen and oxygen atoms in total. The van der Waals surface area contributed by atoms with Crippen LogP contribution in [0.15, 0.2) is 29.3 Å². The van der Waals surface area contributed by atoms with E-state index in [1.165, 1.54) is 5.52 Å². The van der Waals surface area contributed by atoms with Gasteiger partial charge in [-0.15, -0.1) is 24.0 Å². The van der Waals surface area contributed by atoms with E-state index < -0.39 is 0 Å². The molecule has 0 saturated heterocycles. The molecule has 0 aliphatic carbocycles. The van der Waals surface area contributed by atoms with Crippen LogP contribution >= 0.6 is 24.0 Å². The summed E-state index contributed by atoms with van der Waals surface area (Å²) in [7, 11) is 1.80. The molecular weight excluding hydrogens is 389 g/mol. The van der Waals surface area contributed by atoms with Crippen molar-refractivity contribution in [3.05, 3.63) is 30.1 Å². The van der Waals surface area contributed by atoms with Crippen LogP contribution in [0.4, 0.5) is 0 Å². The van der Waals surface area contributed by atoms with E-state index in [9.17, 15) is 0 Å².